The van der Waals surface area contributed by atoms with Gasteiger partial charge in [0.25, 0.3) is 10.2 Å². The predicted molar refractivity (Wildman–Crippen MR) is 51.0 cm³/mol. The van der Waals surface area contributed by atoms with E-state index in [0.717, 1.165) is 6.92 Å². The van der Waals surface area contributed by atoms with E-state index in [2.05, 4.69) is 14.4 Å². The Morgan fingerprint density at radius 2 is 1.50 bits per heavy atom. The molecule has 0 aliphatic rings. The molecule has 0 radical (unpaired) electrons. The summed E-state index contributed by atoms with van der Waals surface area (Å²) in [6, 6.07) is 0. The summed E-state index contributed by atoms with van der Waals surface area (Å²) in [6.07, 6.45) is 0. The van der Waals surface area contributed by atoms with Crippen LogP contribution in [0.25, 0.3) is 0 Å². The molecule has 0 atom stereocenters. The largest absolute Gasteiger partial charge is 0.460 e. The fourth-order valence-corrected chi connectivity index (χ4v) is 0.772. The van der Waals surface area contributed by atoms with Gasteiger partial charge in [-0.25, -0.2) is 4.79 Å². The van der Waals surface area contributed by atoms with Crippen molar-refractivity contribution in [2.24, 2.45) is 5.92 Å². The molecule has 0 heterocycles. The van der Waals surface area contributed by atoms with Crippen molar-refractivity contribution >= 4 is 11.8 Å². The molecule has 0 fully saturated rings. The van der Waals surface area contributed by atoms with Gasteiger partial charge in [0.1, 0.15) is 13.2 Å². The molecule has 0 aromatic rings. The van der Waals surface area contributed by atoms with E-state index in [1.165, 1.54) is 0 Å². The maximum absolute atomic E-state index is 10.8. The van der Waals surface area contributed by atoms with Gasteiger partial charge in [-0.1, -0.05) is 0 Å². The molecule has 0 saturated carbocycles. The van der Waals surface area contributed by atoms with Gasteiger partial charge in [-0.2, -0.15) is 0 Å². The summed E-state index contributed by atoms with van der Waals surface area (Å²) in [5, 5.41) is 17.7. The maximum atomic E-state index is 10.8. The molecule has 0 aromatic carbocycles. The number of hydrogen-bond acceptors (Lipinski definition) is 9. The van der Waals surface area contributed by atoms with Crippen LogP contribution in [0.2, 0.25) is 0 Å². The van der Waals surface area contributed by atoms with Crippen molar-refractivity contribution < 1.29 is 34.2 Å². The van der Waals surface area contributed by atoms with Gasteiger partial charge in [0, 0.05) is 12.8 Å². The number of ether oxygens (including phenoxy) is 1. The third-order valence-electron chi connectivity index (χ3n) is 1.57. The molecule has 11 heteroatoms. The lowest BCUT2D eigenvalue weighted by atomic mass is 10.2. The first kappa shape index (κ1) is 15.5. The minimum Gasteiger partial charge on any atom is -0.460 e. The third kappa shape index (κ3) is 7.78. The second-order valence-corrected chi connectivity index (χ2v) is 3.06. The van der Waals surface area contributed by atoms with Crippen LogP contribution < -0.4 is 0 Å². The summed E-state index contributed by atoms with van der Waals surface area (Å²) in [5.74, 6) is -2.95. The first-order valence-corrected chi connectivity index (χ1v) is 4.55. The Balaban J connectivity index is 4.18. The van der Waals surface area contributed by atoms with E-state index >= 15 is 0 Å². The lowest BCUT2D eigenvalue weighted by Crippen LogP contribution is -2.27. The van der Waals surface area contributed by atoms with Crippen molar-refractivity contribution in [1.82, 2.24) is 0 Å². The fourth-order valence-electron chi connectivity index (χ4n) is 0.772. The van der Waals surface area contributed by atoms with E-state index in [4.69, 9.17) is 0 Å². The van der Waals surface area contributed by atoms with Crippen molar-refractivity contribution in [3.05, 3.63) is 20.2 Å². The second kappa shape index (κ2) is 7.76. The average Bonchev–Trinajstić information content (AvgIpc) is 2.26. The number of nitrogens with zero attached hydrogens (tertiary/aromatic N) is 2. The Bertz CT molecular complexity index is 324. The molecule has 0 unspecified atom stereocenters. The standard InChI is InChI=1S/C7H10N2O9/c1-5(10)7(11)16-2-6(3-17-8(12)13)4-18-9(14)15/h6H,2-4H2,1H3. The van der Waals surface area contributed by atoms with E-state index < -0.39 is 47.7 Å². The molecule has 0 aromatic heterocycles. The number of esters is 1. The summed E-state index contributed by atoms with van der Waals surface area (Å²) in [5.41, 5.74) is 0. The first-order chi connectivity index (χ1) is 8.32. The zero-order chi connectivity index (χ0) is 14.1. The van der Waals surface area contributed by atoms with E-state index in [0.29, 0.717) is 0 Å². The Morgan fingerprint density at radius 1 is 1.06 bits per heavy atom. The van der Waals surface area contributed by atoms with Gasteiger partial charge in [0.05, 0.1) is 6.61 Å². The second-order valence-electron chi connectivity index (χ2n) is 3.06. The number of rotatable bonds is 9. The van der Waals surface area contributed by atoms with Gasteiger partial charge in [0.15, 0.2) is 0 Å². The highest BCUT2D eigenvalue weighted by atomic mass is 17.0. The van der Waals surface area contributed by atoms with Crippen molar-refractivity contribution in [3.8, 4) is 0 Å². The summed E-state index contributed by atoms with van der Waals surface area (Å²) in [7, 11) is 0. The Labute approximate surface area is 99.8 Å². The number of Topliss-reactive ketones (excluding diaryl/α,β-unsaturated/α-hetero) is 1. The summed E-state index contributed by atoms with van der Waals surface area (Å²) < 4.78 is 4.44. The molecular formula is C7H10N2O9. The van der Waals surface area contributed by atoms with Crippen LogP contribution in [0, 0.1) is 26.1 Å². The Morgan fingerprint density at radius 3 is 1.83 bits per heavy atom. The van der Waals surface area contributed by atoms with Gasteiger partial charge < -0.3 is 14.4 Å². The summed E-state index contributed by atoms with van der Waals surface area (Å²) in [4.78, 5) is 49.2. The van der Waals surface area contributed by atoms with E-state index in [1.807, 2.05) is 0 Å². The van der Waals surface area contributed by atoms with Crippen LogP contribution in [0.1, 0.15) is 6.92 Å². The van der Waals surface area contributed by atoms with Gasteiger partial charge in [-0.05, 0) is 0 Å². The minimum atomic E-state index is -1.15. The van der Waals surface area contributed by atoms with Gasteiger partial charge in [-0.15, -0.1) is 20.2 Å². The normalized spacial score (nSPS) is 9.67. The number of carbonyl (C=O) groups excluding carboxylic acids is 2. The molecule has 0 aliphatic carbocycles. The van der Waals surface area contributed by atoms with E-state index in [1.54, 1.807) is 0 Å². The zero-order valence-corrected chi connectivity index (χ0v) is 9.27. The lowest BCUT2D eigenvalue weighted by Gasteiger charge is -2.13. The van der Waals surface area contributed by atoms with Crippen molar-refractivity contribution in [2.75, 3.05) is 19.8 Å². The molecule has 0 rings (SSSR count). The lowest BCUT2D eigenvalue weighted by molar-refractivity contribution is -0.768. The Hall–Kier alpha value is -2.46. The van der Waals surface area contributed by atoms with Gasteiger partial charge >= 0.3 is 5.97 Å². The quantitative estimate of drug-likeness (QED) is 0.225. The summed E-state index contributed by atoms with van der Waals surface area (Å²) >= 11 is 0. The van der Waals surface area contributed by atoms with Crippen LogP contribution >= 0.6 is 0 Å². The van der Waals surface area contributed by atoms with Gasteiger partial charge in [0.2, 0.25) is 5.78 Å². The fraction of sp³-hybridized carbons (Fsp3) is 0.714. The van der Waals surface area contributed by atoms with Gasteiger partial charge in [-0.3, -0.25) is 4.79 Å². The molecule has 0 saturated heterocycles. The molecule has 0 spiro atoms. The average molecular weight is 266 g/mol. The van der Waals surface area contributed by atoms with Crippen LogP contribution in [0.15, 0.2) is 0 Å². The monoisotopic (exact) mass is 266 g/mol. The van der Waals surface area contributed by atoms with Crippen molar-refractivity contribution in [2.45, 2.75) is 6.92 Å². The molecule has 0 N–H and O–H groups in total. The molecule has 0 aliphatic heterocycles. The molecule has 11 nitrogen and oxygen atoms in total. The predicted octanol–water partition coefficient (Wildman–Crippen LogP) is -0.849. The van der Waals surface area contributed by atoms with Crippen molar-refractivity contribution in [1.29, 1.82) is 0 Å². The van der Waals surface area contributed by atoms with E-state index in [-0.39, 0.29) is 0 Å². The molecule has 0 bridgehead atoms. The van der Waals surface area contributed by atoms with Crippen LogP contribution in [0.5, 0.6) is 0 Å². The number of hydrogen-bond donors (Lipinski definition) is 0. The maximum Gasteiger partial charge on any atom is 0.374 e. The molecular weight excluding hydrogens is 256 g/mol. The highest BCUT2D eigenvalue weighted by molar-refractivity contribution is 6.32. The van der Waals surface area contributed by atoms with Crippen LogP contribution in [-0.4, -0.2) is 41.7 Å². The summed E-state index contributed by atoms with van der Waals surface area (Å²) in [6.45, 7) is -0.628. The molecule has 18 heavy (non-hydrogen) atoms. The Kier molecular flexibility index (Phi) is 6.70. The van der Waals surface area contributed by atoms with Crippen LogP contribution in [-0.2, 0) is 24.0 Å². The first-order valence-electron chi connectivity index (χ1n) is 4.55. The van der Waals surface area contributed by atoms with Crippen molar-refractivity contribution in [3.63, 3.8) is 0 Å². The smallest absolute Gasteiger partial charge is 0.374 e. The number of carbonyl (C=O) groups is 2. The SMILES string of the molecule is CC(=O)C(=O)OCC(CO[N+](=O)[O-])CO[N+](=O)[O-]. The molecule has 102 valence electrons. The topological polar surface area (TPSA) is 148 Å². The highest BCUT2D eigenvalue weighted by Crippen LogP contribution is 2.01. The van der Waals surface area contributed by atoms with E-state index in [9.17, 15) is 29.8 Å². The number of ketones is 1. The third-order valence-corrected chi connectivity index (χ3v) is 1.57. The zero-order valence-electron chi connectivity index (χ0n) is 9.27. The molecule has 0 amide bonds. The van der Waals surface area contributed by atoms with Crippen LogP contribution in [0.4, 0.5) is 0 Å². The van der Waals surface area contributed by atoms with Crippen LogP contribution in [0.3, 0.4) is 0 Å². The highest BCUT2D eigenvalue weighted by Gasteiger charge is 2.18. The minimum absolute atomic E-state index is 0.472.